The molecule has 0 aromatic carbocycles. The maximum absolute atomic E-state index is 2.34. The van der Waals surface area contributed by atoms with E-state index in [1.54, 1.807) is 0 Å². The lowest BCUT2D eigenvalue weighted by Crippen LogP contribution is -2.49. The topological polar surface area (TPSA) is 9.72 Å². The first-order chi connectivity index (χ1) is 8.36. The molecule has 0 unspecified atom stereocenters. The monoisotopic (exact) mass is 249 g/mol. The lowest BCUT2D eigenvalue weighted by Gasteiger charge is -2.41. The van der Waals surface area contributed by atoms with Gasteiger partial charge in [0.25, 0.3) is 0 Å². The maximum atomic E-state index is 2.34. The van der Waals surface area contributed by atoms with Gasteiger partial charge in [-0.25, -0.2) is 0 Å². The average Bonchev–Trinajstić information content (AvgIpc) is 2.12. The van der Waals surface area contributed by atoms with Gasteiger partial charge in [0.15, 0.2) is 0 Å². The minimum Gasteiger partial charge on any atom is -0.343 e. The Kier molecular flexibility index (Phi) is 5.32. The summed E-state index contributed by atoms with van der Waals surface area (Å²) in [6.07, 6.45) is 6.70. The average molecular weight is 249 g/mol. The molecule has 0 saturated carbocycles. The van der Waals surface area contributed by atoms with E-state index in [0.29, 0.717) is 0 Å². The van der Waals surface area contributed by atoms with Crippen molar-refractivity contribution < 1.29 is 0 Å². The Morgan fingerprint density at radius 2 is 0.778 bits per heavy atom. The molecule has 3 heteroatoms. The third-order valence-electron chi connectivity index (χ3n) is 2.41. The third kappa shape index (κ3) is 5.30. The van der Waals surface area contributed by atoms with Crippen molar-refractivity contribution in [2.75, 3.05) is 20.0 Å². The van der Waals surface area contributed by atoms with Crippen molar-refractivity contribution in [3.8, 4) is 0 Å². The van der Waals surface area contributed by atoms with Crippen molar-refractivity contribution in [1.82, 2.24) is 14.7 Å². The van der Waals surface area contributed by atoms with Gasteiger partial charge < -0.3 is 14.7 Å². The van der Waals surface area contributed by atoms with Crippen molar-refractivity contribution in [1.29, 1.82) is 0 Å². The van der Waals surface area contributed by atoms with E-state index in [0.717, 1.165) is 20.0 Å². The van der Waals surface area contributed by atoms with Crippen LogP contribution < -0.4 is 0 Å². The zero-order valence-electron chi connectivity index (χ0n) is 12.7. The fraction of sp³-hybridized carbons (Fsp3) is 0.600. The van der Waals surface area contributed by atoms with Crippen LogP contribution in [0, 0.1) is 0 Å². The molecule has 0 amide bonds. The molecule has 1 fully saturated rings. The third-order valence-corrected chi connectivity index (χ3v) is 2.41. The standard InChI is InChI=1S/C15H27N3/c1-13(2)7-16-10-17(8-14(3)4)12-18(11-16)9-15(5)6/h7-9H,10-12H2,1-6H3. The largest absolute Gasteiger partial charge is 0.343 e. The summed E-state index contributed by atoms with van der Waals surface area (Å²) in [6, 6.07) is 0. The van der Waals surface area contributed by atoms with E-state index < -0.39 is 0 Å². The van der Waals surface area contributed by atoms with Gasteiger partial charge in [-0.2, -0.15) is 0 Å². The van der Waals surface area contributed by atoms with Crippen LogP contribution in [0.4, 0.5) is 0 Å². The molecule has 0 bridgehead atoms. The van der Waals surface area contributed by atoms with E-state index in [9.17, 15) is 0 Å². The quantitative estimate of drug-likeness (QED) is 0.757. The molecule has 1 rings (SSSR count). The second-order valence-corrected chi connectivity index (χ2v) is 5.81. The molecule has 18 heavy (non-hydrogen) atoms. The first-order valence-electron chi connectivity index (χ1n) is 6.54. The molecule has 1 aliphatic heterocycles. The Bertz CT molecular complexity index is 291. The van der Waals surface area contributed by atoms with Gasteiger partial charge in [-0.05, 0) is 41.5 Å². The smallest absolute Gasteiger partial charge is 0.0926 e. The maximum Gasteiger partial charge on any atom is 0.0926 e. The minimum atomic E-state index is 0.962. The van der Waals surface area contributed by atoms with Crippen LogP contribution in [0.2, 0.25) is 0 Å². The second kappa shape index (κ2) is 6.53. The molecule has 1 heterocycles. The van der Waals surface area contributed by atoms with Crippen LogP contribution in [0.15, 0.2) is 35.3 Å². The Hall–Kier alpha value is -1.38. The molecule has 1 aliphatic rings. The van der Waals surface area contributed by atoms with E-state index >= 15 is 0 Å². The van der Waals surface area contributed by atoms with Crippen LogP contribution in [0.25, 0.3) is 0 Å². The summed E-state index contributed by atoms with van der Waals surface area (Å²) in [5.41, 5.74) is 4.02. The Balaban J connectivity index is 2.82. The summed E-state index contributed by atoms with van der Waals surface area (Å²) in [7, 11) is 0. The van der Waals surface area contributed by atoms with Crippen molar-refractivity contribution in [3.63, 3.8) is 0 Å². The van der Waals surface area contributed by atoms with Gasteiger partial charge in [0, 0.05) is 18.6 Å². The van der Waals surface area contributed by atoms with Crippen LogP contribution in [-0.2, 0) is 0 Å². The number of allylic oxidation sites excluding steroid dienone is 3. The van der Waals surface area contributed by atoms with Crippen molar-refractivity contribution >= 4 is 0 Å². The second-order valence-electron chi connectivity index (χ2n) is 5.81. The van der Waals surface area contributed by atoms with E-state index in [4.69, 9.17) is 0 Å². The Labute approximate surface area is 112 Å². The van der Waals surface area contributed by atoms with Gasteiger partial charge in [-0.1, -0.05) is 16.7 Å². The van der Waals surface area contributed by atoms with Crippen LogP contribution in [0.1, 0.15) is 41.5 Å². The molecule has 0 aromatic heterocycles. The molecule has 0 atom stereocenters. The van der Waals surface area contributed by atoms with Crippen molar-refractivity contribution in [2.24, 2.45) is 0 Å². The molecular formula is C15H27N3. The van der Waals surface area contributed by atoms with E-state index in [2.05, 4.69) is 74.8 Å². The summed E-state index contributed by atoms with van der Waals surface area (Å²) < 4.78 is 0. The van der Waals surface area contributed by atoms with Gasteiger partial charge in [-0.3, -0.25) is 0 Å². The summed E-state index contributed by atoms with van der Waals surface area (Å²) in [6.45, 7) is 15.7. The highest BCUT2D eigenvalue weighted by Crippen LogP contribution is 2.12. The first-order valence-corrected chi connectivity index (χ1v) is 6.54. The van der Waals surface area contributed by atoms with E-state index in [1.165, 1.54) is 16.7 Å². The summed E-state index contributed by atoms with van der Waals surface area (Å²) in [5.74, 6) is 0. The Morgan fingerprint density at radius 3 is 0.944 bits per heavy atom. The lowest BCUT2D eigenvalue weighted by molar-refractivity contribution is 0.0535. The molecule has 0 radical (unpaired) electrons. The van der Waals surface area contributed by atoms with Gasteiger partial charge in [-0.15, -0.1) is 0 Å². The molecule has 0 aliphatic carbocycles. The molecule has 0 spiro atoms. The number of nitrogens with zero attached hydrogens (tertiary/aromatic N) is 3. The van der Waals surface area contributed by atoms with Crippen LogP contribution in [-0.4, -0.2) is 34.7 Å². The van der Waals surface area contributed by atoms with Crippen LogP contribution in [0.5, 0.6) is 0 Å². The lowest BCUT2D eigenvalue weighted by atomic mass is 10.3. The first kappa shape index (κ1) is 14.7. The number of hydrogen-bond donors (Lipinski definition) is 0. The van der Waals surface area contributed by atoms with Crippen molar-refractivity contribution in [3.05, 3.63) is 35.3 Å². The van der Waals surface area contributed by atoms with E-state index in [-0.39, 0.29) is 0 Å². The summed E-state index contributed by atoms with van der Waals surface area (Å²) in [4.78, 5) is 7.03. The molecule has 1 saturated heterocycles. The highest BCUT2D eigenvalue weighted by molar-refractivity contribution is 5.00. The normalized spacial score (nSPS) is 15.3. The number of hydrogen-bond acceptors (Lipinski definition) is 3. The molecule has 0 aromatic rings. The summed E-state index contributed by atoms with van der Waals surface area (Å²) >= 11 is 0. The zero-order chi connectivity index (χ0) is 13.7. The molecule has 3 nitrogen and oxygen atoms in total. The highest BCUT2D eigenvalue weighted by atomic mass is 15.5. The predicted molar refractivity (Wildman–Crippen MR) is 78.4 cm³/mol. The van der Waals surface area contributed by atoms with Gasteiger partial charge in [0.2, 0.25) is 0 Å². The van der Waals surface area contributed by atoms with Gasteiger partial charge in [0.1, 0.15) is 0 Å². The Morgan fingerprint density at radius 1 is 0.556 bits per heavy atom. The molecule has 0 N–H and O–H groups in total. The minimum absolute atomic E-state index is 0.962. The fourth-order valence-electron chi connectivity index (χ4n) is 2.17. The van der Waals surface area contributed by atoms with Crippen LogP contribution >= 0.6 is 0 Å². The number of rotatable bonds is 3. The molecule has 102 valence electrons. The van der Waals surface area contributed by atoms with Crippen LogP contribution in [0.3, 0.4) is 0 Å². The predicted octanol–water partition coefficient (Wildman–Crippen LogP) is 3.55. The SMILES string of the molecule is CC(C)=CN1CN(C=C(C)C)CN(C=C(C)C)C1. The van der Waals surface area contributed by atoms with Gasteiger partial charge >= 0.3 is 0 Å². The highest BCUT2D eigenvalue weighted by Gasteiger charge is 2.17. The van der Waals surface area contributed by atoms with E-state index in [1.807, 2.05) is 0 Å². The fourth-order valence-corrected chi connectivity index (χ4v) is 2.17. The molecular weight excluding hydrogens is 222 g/mol. The summed E-state index contributed by atoms with van der Waals surface area (Å²) in [5, 5.41) is 0. The zero-order valence-corrected chi connectivity index (χ0v) is 12.7. The van der Waals surface area contributed by atoms with Gasteiger partial charge in [0.05, 0.1) is 20.0 Å². The van der Waals surface area contributed by atoms with Crippen molar-refractivity contribution in [2.45, 2.75) is 41.5 Å².